The minimum absolute atomic E-state index is 0.686. The summed E-state index contributed by atoms with van der Waals surface area (Å²) in [4.78, 5) is 8.14. The van der Waals surface area contributed by atoms with E-state index in [9.17, 15) is 0 Å². The number of thiophene rings is 1. The molecule has 2 aromatic carbocycles. The van der Waals surface area contributed by atoms with Crippen LogP contribution in [0.5, 0.6) is 0 Å². The van der Waals surface area contributed by atoms with Crippen molar-refractivity contribution in [2.24, 2.45) is 0 Å². The van der Waals surface area contributed by atoms with Crippen molar-refractivity contribution in [3.05, 3.63) is 88.8 Å². The first-order valence-electron chi connectivity index (χ1n) is 11.7. The number of benzene rings is 2. The number of hydrogen-bond acceptors (Lipinski definition) is 4. The van der Waals surface area contributed by atoms with E-state index in [0.29, 0.717) is 4.77 Å². The fraction of sp³-hybridized carbons (Fsp3) is 0.192. The second-order valence-electron chi connectivity index (χ2n) is 8.66. The fourth-order valence-corrected chi connectivity index (χ4v) is 6.43. The Bertz CT molecular complexity index is 1520. The van der Waals surface area contributed by atoms with Gasteiger partial charge in [-0.3, -0.25) is 9.47 Å². The van der Waals surface area contributed by atoms with Crippen LogP contribution in [0.3, 0.4) is 0 Å². The molecule has 1 aliphatic heterocycles. The number of rotatable bonds is 5. The van der Waals surface area contributed by atoms with Gasteiger partial charge in [0, 0.05) is 16.2 Å². The number of H-pyrrole nitrogens is 1. The fourth-order valence-electron chi connectivity index (χ4n) is 4.64. The number of nitrogens with zero attached hydrogens (tertiary/aromatic N) is 4. The second kappa shape index (κ2) is 9.54. The lowest BCUT2D eigenvalue weighted by atomic mass is 10.2. The molecule has 1 saturated heterocycles. The van der Waals surface area contributed by atoms with Crippen LogP contribution in [0.2, 0.25) is 5.02 Å². The largest absolute Gasteiger partial charge is 0.310 e. The minimum Gasteiger partial charge on any atom is -0.310 e. The summed E-state index contributed by atoms with van der Waals surface area (Å²) in [5.41, 5.74) is 0.992. The summed E-state index contributed by atoms with van der Waals surface area (Å²) >= 11 is 14.5. The zero-order valence-electron chi connectivity index (χ0n) is 19.0. The summed E-state index contributed by atoms with van der Waals surface area (Å²) in [5, 5.41) is 6.83. The average molecular weight is 521 g/mol. The monoisotopic (exact) mass is 520 g/mol. The predicted octanol–water partition coefficient (Wildman–Crippen LogP) is 4.12. The number of para-hydroxylation sites is 1. The normalized spacial score (nSPS) is 14.6. The van der Waals surface area contributed by atoms with Crippen LogP contribution in [0.1, 0.15) is 0 Å². The minimum atomic E-state index is 0.686. The van der Waals surface area contributed by atoms with Gasteiger partial charge in [-0.1, -0.05) is 54.1 Å². The van der Waals surface area contributed by atoms with Crippen molar-refractivity contribution < 1.29 is 9.88 Å². The molecule has 2 N–H and O–H groups in total. The molecule has 35 heavy (non-hydrogen) atoms. The van der Waals surface area contributed by atoms with Gasteiger partial charge in [-0.25, -0.2) is 4.98 Å². The molecule has 0 amide bonds. The second-order valence-corrected chi connectivity index (χ2v) is 10.5. The molecule has 3 aromatic heterocycles. The number of pyridine rings is 1. The molecule has 0 saturated carbocycles. The SMILES string of the molecule is S=c1n(C[NH+]2CCN(c3cccc[nH+]3)CC2)nc(-c2sc3ccccc3c2Cl)n1-c1ccccc1. The van der Waals surface area contributed by atoms with Crippen LogP contribution in [-0.4, -0.2) is 40.5 Å². The summed E-state index contributed by atoms with van der Waals surface area (Å²) < 4.78 is 5.86. The molecule has 176 valence electrons. The molecule has 0 bridgehead atoms. The Morgan fingerprint density at radius 1 is 0.971 bits per heavy atom. The molecule has 5 aromatic rings. The third-order valence-electron chi connectivity index (χ3n) is 6.47. The highest BCUT2D eigenvalue weighted by molar-refractivity contribution is 7.71. The van der Waals surface area contributed by atoms with Crippen molar-refractivity contribution in [2.45, 2.75) is 6.67 Å². The summed E-state index contributed by atoms with van der Waals surface area (Å²) in [5.74, 6) is 1.96. The maximum atomic E-state index is 6.88. The van der Waals surface area contributed by atoms with Crippen molar-refractivity contribution in [1.82, 2.24) is 14.3 Å². The molecule has 0 unspecified atom stereocenters. The zero-order chi connectivity index (χ0) is 23.8. The highest BCUT2D eigenvalue weighted by atomic mass is 35.5. The van der Waals surface area contributed by atoms with Crippen molar-refractivity contribution in [3.8, 4) is 16.4 Å². The van der Waals surface area contributed by atoms with Crippen molar-refractivity contribution in [3.63, 3.8) is 0 Å². The van der Waals surface area contributed by atoms with Crippen molar-refractivity contribution in [2.75, 3.05) is 31.1 Å². The van der Waals surface area contributed by atoms with Crippen LogP contribution >= 0.6 is 35.2 Å². The molecule has 4 heterocycles. The van der Waals surface area contributed by atoms with Gasteiger partial charge in [0.2, 0.25) is 4.77 Å². The van der Waals surface area contributed by atoms with E-state index in [1.807, 2.05) is 47.3 Å². The highest BCUT2D eigenvalue weighted by Crippen LogP contribution is 2.41. The molecule has 0 radical (unpaired) electrons. The van der Waals surface area contributed by atoms with Crippen LogP contribution in [0.4, 0.5) is 5.82 Å². The van der Waals surface area contributed by atoms with E-state index in [2.05, 4.69) is 50.8 Å². The zero-order valence-corrected chi connectivity index (χ0v) is 21.4. The van der Waals surface area contributed by atoms with Gasteiger partial charge in [-0.05, 0) is 36.5 Å². The number of piperazine rings is 1. The highest BCUT2D eigenvalue weighted by Gasteiger charge is 2.28. The lowest BCUT2D eigenvalue weighted by Crippen LogP contribution is -3.14. The lowest BCUT2D eigenvalue weighted by molar-refractivity contribution is -0.924. The van der Waals surface area contributed by atoms with E-state index in [1.165, 1.54) is 10.7 Å². The van der Waals surface area contributed by atoms with E-state index in [4.69, 9.17) is 28.9 Å². The molecule has 0 aliphatic carbocycles. The quantitative estimate of drug-likeness (QED) is 0.355. The summed E-state index contributed by atoms with van der Waals surface area (Å²) in [6.45, 7) is 4.72. The van der Waals surface area contributed by atoms with Gasteiger partial charge in [0.15, 0.2) is 12.5 Å². The molecule has 0 spiro atoms. The van der Waals surface area contributed by atoms with Gasteiger partial charge in [-0.15, -0.1) is 16.4 Å². The summed E-state index contributed by atoms with van der Waals surface area (Å²) in [6.07, 6.45) is 1.98. The number of aromatic nitrogens is 4. The Morgan fingerprint density at radius 3 is 2.46 bits per heavy atom. The van der Waals surface area contributed by atoms with Gasteiger partial charge in [-0.2, -0.15) is 4.68 Å². The summed E-state index contributed by atoms with van der Waals surface area (Å²) in [7, 11) is 0. The number of anilines is 1. The first kappa shape index (κ1) is 22.4. The summed E-state index contributed by atoms with van der Waals surface area (Å²) in [6, 6.07) is 24.6. The number of aromatic amines is 1. The van der Waals surface area contributed by atoms with E-state index in [1.54, 1.807) is 11.3 Å². The van der Waals surface area contributed by atoms with Gasteiger partial charge >= 0.3 is 0 Å². The van der Waals surface area contributed by atoms with Gasteiger partial charge in [0.1, 0.15) is 26.2 Å². The number of quaternary nitrogens is 1. The maximum Gasteiger partial charge on any atom is 0.274 e. The maximum absolute atomic E-state index is 6.88. The molecular formula is C26H25ClN6S2+2. The first-order valence-corrected chi connectivity index (χ1v) is 13.3. The number of halogens is 1. The first-order chi connectivity index (χ1) is 17.2. The van der Waals surface area contributed by atoms with E-state index in [0.717, 1.165) is 64.3 Å². The third-order valence-corrected chi connectivity index (χ3v) is 8.53. The predicted molar refractivity (Wildman–Crippen MR) is 144 cm³/mol. The number of hydrogen-bond donors (Lipinski definition) is 1. The number of nitrogens with one attached hydrogen (secondary N) is 2. The van der Waals surface area contributed by atoms with E-state index < -0.39 is 0 Å². The third kappa shape index (κ3) is 4.27. The average Bonchev–Trinajstić information content (AvgIpc) is 3.42. The standard InChI is InChI=1S/C26H23ClN6S2/c27-23-20-10-4-5-11-21(20)35-24(23)25-29-32(26(34)33(25)19-8-2-1-3-9-19)18-30-14-16-31(17-15-30)22-12-6-7-13-28-22/h1-13H,14-18H2/p+2. The van der Waals surface area contributed by atoms with E-state index in [-0.39, 0.29) is 0 Å². The molecule has 1 aliphatic rings. The molecule has 6 nitrogen and oxygen atoms in total. The Kier molecular flexibility index (Phi) is 6.12. The van der Waals surface area contributed by atoms with Crippen molar-refractivity contribution in [1.29, 1.82) is 0 Å². The molecule has 6 rings (SSSR count). The number of fused-ring (bicyclic) bond motifs is 1. The Labute approximate surface area is 217 Å². The van der Waals surface area contributed by atoms with Crippen LogP contribution in [0.15, 0.2) is 79.0 Å². The topological polar surface area (TPSA) is 44.6 Å². The van der Waals surface area contributed by atoms with E-state index >= 15 is 0 Å². The van der Waals surface area contributed by atoms with Crippen LogP contribution in [0.25, 0.3) is 26.5 Å². The molecule has 1 fully saturated rings. The molecule has 0 atom stereocenters. The molecule has 9 heteroatoms. The van der Waals surface area contributed by atoms with Crippen molar-refractivity contribution >= 4 is 51.1 Å². The Balaban J connectivity index is 1.34. The Hall–Kier alpha value is -3.04. The van der Waals surface area contributed by atoms with Gasteiger partial charge in [0.05, 0.1) is 21.8 Å². The smallest absolute Gasteiger partial charge is 0.274 e. The van der Waals surface area contributed by atoms with Crippen LogP contribution in [-0.2, 0) is 6.67 Å². The molecular weight excluding hydrogens is 496 g/mol. The lowest BCUT2D eigenvalue weighted by Gasteiger charge is -2.27. The Morgan fingerprint density at radius 2 is 1.71 bits per heavy atom. The van der Waals surface area contributed by atoms with Crippen LogP contribution < -0.4 is 14.8 Å². The van der Waals surface area contributed by atoms with Crippen LogP contribution in [0, 0.1) is 4.77 Å². The van der Waals surface area contributed by atoms with Gasteiger partial charge in [0.25, 0.3) is 5.82 Å². The van der Waals surface area contributed by atoms with Gasteiger partial charge < -0.3 is 4.90 Å².